The molecule has 2 rings (SSSR count). The molecule has 0 aromatic heterocycles. The fourth-order valence-electron chi connectivity index (χ4n) is 1.95. The van der Waals surface area contributed by atoms with Crippen molar-refractivity contribution in [2.75, 3.05) is 25.2 Å². The van der Waals surface area contributed by atoms with E-state index in [4.69, 9.17) is 0 Å². The first kappa shape index (κ1) is 19.9. The van der Waals surface area contributed by atoms with Crippen LogP contribution < -0.4 is 5.32 Å². The predicted octanol–water partition coefficient (Wildman–Crippen LogP) is 5.26. The molecule has 0 aliphatic rings. The van der Waals surface area contributed by atoms with E-state index in [1.807, 2.05) is 43.3 Å². The second kappa shape index (κ2) is 9.31. The van der Waals surface area contributed by atoms with Crippen LogP contribution in [0.4, 0.5) is 10.5 Å². The standard InChI is InChI=1S/C18H19BrN2O2S2/c1-12-10-13(19)8-9-15(12)24-11-17(22)20-14-6-4-5-7-16(14)25-18(23)21(2)3/h4-10H,11H2,1-3H3,(H,20,22). The lowest BCUT2D eigenvalue weighted by Crippen LogP contribution is -2.17. The molecule has 0 bridgehead atoms. The van der Waals surface area contributed by atoms with Crippen LogP contribution >= 0.6 is 39.5 Å². The molecule has 0 saturated heterocycles. The van der Waals surface area contributed by atoms with E-state index in [9.17, 15) is 9.59 Å². The molecule has 2 amide bonds. The lowest BCUT2D eigenvalue weighted by Gasteiger charge is -2.13. The number of carbonyl (C=O) groups is 2. The summed E-state index contributed by atoms with van der Waals surface area (Å²) in [5.41, 5.74) is 1.78. The number of nitrogens with zero attached hydrogens (tertiary/aromatic N) is 1. The van der Waals surface area contributed by atoms with Gasteiger partial charge < -0.3 is 10.2 Å². The van der Waals surface area contributed by atoms with E-state index in [0.717, 1.165) is 31.6 Å². The molecule has 0 spiro atoms. The highest BCUT2D eigenvalue weighted by Crippen LogP contribution is 2.29. The minimum absolute atomic E-state index is 0.0819. The first-order valence-corrected chi connectivity index (χ1v) is 10.1. The zero-order chi connectivity index (χ0) is 18.4. The Hall–Kier alpha value is -1.44. The third kappa shape index (κ3) is 6.09. The number of para-hydroxylation sites is 1. The molecule has 7 heteroatoms. The van der Waals surface area contributed by atoms with Crippen LogP contribution in [0.15, 0.2) is 56.7 Å². The van der Waals surface area contributed by atoms with Gasteiger partial charge in [-0.3, -0.25) is 9.59 Å². The monoisotopic (exact) mass is 438 g/mol. The fourth-order valence-corrected chi connectivity index (χ4v) is 3.98. The van der Waals surface area contributed by atoms with Crippen molar-refractivity contribution in [2.45, 2.75) is 16.7 Å². The molecule has 25 heavy (non-hydrogen) atoms. The van der Waals surface area contributed by atoms with Crippen LogP contribution in [0.2, 0.25) is 0 Å². The Morgan fingerprint density at radius 3 is 2.52 bits per heavy atom. The summed E-state index contributed by atoms with van der Waals surface area (Å²) < 4.78 is 1.02. The molecule has 0 radical (unpaired) electrons. The molecule has 0 aliphatic carbocycles. The van der Waals surface area contributed by atoms with Gasteiger partial charge in [0, 0.05) is 28.4 Å². The minimum atomic E-state index is -0.0994. The molecule has 0 fully saturated rings. The van der Waals surface area contributed by atoms with Crippen molar-refractivity contribution in [1.82, 2.24) is 4.90 Å². The largest absolute Gasteiger partial charge is 0.339 e. The molecule has 0 atom stereocenters. The maximum absolute atomic E-state index is 12.3. The van der Waals surface area contributed by atoms with Gasteiger partial charge in [-0.2, -0.15) is 0 Å². The summed E-state index contributed by atoms with van der Waals surface area (Å²) in [7, 11) is 3.40. The molecule has 0 unspecified atom stereocenters. The summed E-state index contributed by atoms with van der Waals surface area (Å²) in [6, 6.07) is 13.3. The van der Waals surface area contributed by atoms with Crippen LogP contribution in [-0.2, 0) is 4.79 Å². The zero-order valence-electron chi connectivity index (χ0n) is 14.2. The predicted molar refractivity (Wildman–Crippen MR) is 110 cm³/mol. The zero-order valence-corrected chi connectivity index (χ0v) is 17.4. The van der Waals surface area contributed by atoms with Gasteiger partial charge in [-0.15, -0.1) is 11.8 Å². The van der Waals surface area contributed by atoms with Gasteiger partial charge in [0.2, 0.25) is 5.91 Å². The third-order valence-corrected chi connectivity index (χ3v) is 6.00. The lowest BCUT2D eigenvalue weighted by atomic mass is 10.2. The van der Waals surface area contributed by atoms with E-state index in [0.29, 0.717) is 11.4 Å². The van der Waals surface area contributed by atoms with Crippen molar-refractivity contribution < 1.29 is 9.59 Å². The molecule has 1 N–H and O–H groups in total. The Bertz CT molecular complexity index is 781. The van der Waals surface area contributed by atoms with Gasteiger partial charge in [-0.05, 0) is 54.6 Å². The summed E-state index contributed by atoms with van der Waals surface area (Å²) in [5.74, 6) is 0.209. The van der Waals surface area contributed by atoms with Gasteiger partial charge in [0.1, 0.15) is 0 Å². The normalized spacial score (nSPS) is 10.4. The summed E-state index contributed by atoms with van der Waals surface area (Å²) in [6.45, 7) is 2.02. The topological polar surface area (TPSA) is 49.4 Å². The Balaban J connectivity index is 1.99. The van der Waals surface area contributed by atoms with Gasteiger partial charge in [0.05, 0.1) is 11.4 Å². The van der Waals surface area contributed by atoms with Crippen molar-refractivity contribution >= 4 is 56.3 Å². The molecule has 0 heterocycles. The van der Waals surface area contributed by atoms with E-state index in [1.54, 1.807) is 20.2 Å². The van der Waals surface area contributed by atoms with Crippen LogP contribution in [0.5, 0.6) is 0 Å². The van der Waals surface area contributed by atoms with Gasteiger partial charge in [-0.1, -0.05) is 28.1 Å². The van der Waals surface area contributed by atoms with Crippen LogP contribution in [-0.4, -0.2) is 35.9 Å². The van der Waals surface area contributed by atoms with Crippen molar-refractivity contribution in [2.24, 2.45) is 0 Å². The number of nitrogens with one attached hydrogen (secondary N) is 1. The molecule has 2 aromatic rings. The Morgan fingerprint density at radius 1 is 1.12 bits per heavy atom. The number of benzene rings is 2. The number of aryl methyl sites for hydroxylation is 1. The molecule has 2 aromatic carbocycles. The maximum Gasteiger partial charge on any atom is 0.286 e. The molecule has 132 valence electrons. The second-order valence-electron chi connectivity index (χ2n) is 5.51. The number of hydrogen-bond donors (Lipinski definition) is 1. The SMILES string of the molecule is Cc1cc(Br)ccc1SCC(=O)Nc1ccccc1SC(=O)N(C)C. The molecule has 4 nitrogen and oxygen atoms in total. The van der Waals surface area contributed by atoms with Crippen LogP contribution in [0.3, 0.4) is 0 Å². The minimum Gasteiger partial charge on any atom is -0.339 e. The van der Waals surface area contributed by atoms with E-state index >= 15 is 0 Å². The number of halogens is 1. The van der Waals surface area contributed by atoms with Gasteiger partial charge in [-0.25, -0.2) is 0 Å². The first-order valence-electron chi connectivity index (χ1n) is 7.54. The Kier molecular flexibility index (Phi) is 7.40. The van der Waals surface area contributed by atoms with Crippen LogP contribution in [0.1, 0.15) is 5.56 Å². The molecular formula is C18H19BrN2O2S2. The number of rotatable bonds is 5. The van der Waals surface area contributed by atoms with E-state index < -0.39 is 0 Å². The van der Waals surface area contributed by atoms with Crippen molar-refractivity contribution in [1.29, 1.82) is 0 Å². The smallest absolute Gasteiger partial charge is 0.286 e. The summed E-state index contributed by atoms with van der Waals surface area (Å²) >= 11 is 6.03. The van der Waals surface area contributed by atoms with Crippen molar-refractivity contribution in [3.05, 3.63) is 52.5 Å². The first-order chi connectivity index (χ1) is 11.9. The highest BCUT2D eigenvalue weighted by molar-refractivity contribution is 9.10. The number of thioether (sulfide) groups is 2. The van der Waals surface area contributed by atoms with Crippen LogP contribution in [0, 0.1) is 6.92 Å². The van der Waals surface area contributed by atoms with E-state index in [-0.39, 0.29) is 11.1 Å². The van der Waals surface area contributed by atoms with Gasteiger partial charge in [0.25, 0.3) is 5.24 Å². The van der Waals surface area contributed by atoms with Crippen molar-refractivity contribution in [3.63, 3.8) is 0 Å². The highest BCUT2D eigenvalue weighted by atomic mass is 79.9. The van der Waals surface area contributed by atoms with E-state index in [2.05, 4.69) is 21.2 Å². The highest BCUT2D eigenvalue weighted by Gasteiger charge is 2.13. The Labute approximate surface area is 164 Å². The van der Waals surface area contributed by atoms with Gasteiger partial charge >= 0.3 is 0 Å². The molecular weight excluding hydrogens is 420 g/mol. The average Bonchev–Trinajstić information content (AvgIpc) is 2.55. The molecule has 0 saturated carbocycles. The number of carbonyl (C=O) groups excluding carboxylic acids is 2. The second-order valence-corrected chi connectivity index (χ2v) is 8.43. The third-order valence-electron chi connectivity index (χ3n) is 3.22. The summed E-state index contributed by atoms with van der Waals surface area (Å²) in [5, 5.41) is 2.81. The number of hydrogen-bond acceptors (Lipinski definition) is 4. The van der Waals surface area contributed by atoms with Crippen molar-refractivity contribution in [3.8, 4) is 0 Å². The van der Waals surface area contributed by atoms with E-state index in [1.165, 1.54) is 16.7 Å². The quantitative estimate of drug-likeness (QED) is 0.646. The molecule has 0 aliphatic heterocycles. The van der Waals surface area contributed by atoms with Crippen LogP contribution in [0.25, 0.3) is 0 Å². The summed E-state index contributed by atoms with van der Waals surface area (Å²) in [4.78, 5) is 27.5. The number of amides is 2. The van der Waals surface area contributed by atoms with Gasteiger partial charge in [0.15, 0.2) is 0 Å². The number of anilines is 1. The average molecular weight is 439 g/mol. The lowest BCUT2D eigenvalue weighted by molar-refractivity contribution is -0.113. The summed E-state index contributed by atoms with van der Waals surface area (Å²) in [6.07, 6.45) is 0. The maximum atomic E-state index is 12.3. The Morgan fingerprint density at radius 2 is 1.84 bits per heavy atom. The fraction of sp³-hybridized carbons (Fsp3) is 0.222.